The van der Waals surface area contributed by atoms with Gasteiger partial charge in [-0.3, -0.25) is 15.0 Å². The third-order valence-corrected chi connectivity index (χ3v) is 5.72. The summed E-state index contributed by atoms with van der Waals surface area (Å²) < 4.78 is 35.9. The van der Waals surface area contributed by atoms with Crippen LogP contribution >= 0.6 is 0 Å². The number of ether oxygens (including phenoxy) is 2. The first-order chi connectivity index (χ1) is 15.3. The summed E-state index contributed by atoms with van der Waals surface area (Å²) >= 11 is 0. The molecule has 10 heteroatoms. The lowest BCUT2D eigenvalue weighted by Crippen LogP contribution is -2.41. The van der Waals surface area contributed by atoms with E-state index in [1.165, 1.54) is 38.7 Å². The number of anilines is 1. The molecular weight excluding hydrogens is 434 g/mol. The largest absolute Gasteiger partial charge is 0.495 e. The van der Waals surface area contributed by atoms with Crippen LogP contribution in [0.1, 0.15) is 49.9 Å². The molecule has 0 saturated heterocycles. The average Bonchev–Trinajstić information content (AvgIpc) is 2.77. The first-order valence-corrected chi connectivity index (χ1v) is 11.8. The number of carbonyl (C=O) groups excluding carboxylic acids is 2. The van der Waals surface area contributed by atoms with Crippen molar-refractivity contribution in [3.8, 4) is 11.5 Å². The molecule has 0 unspecified atom stereocenters. The van der Waals surface area contributed by atoms with Crippen LogP contribution in [0, 0.1) is 0 Å². The van der Waals surface area contributed by atoms with Crippen molar-refractivity contribution < 1.29 is 27.5 Å². The molecule has 3 N–H and O–H groups in total. The Balaban J connectivity index is 1.97. The lowest BCUT2D eigenvalue weighted by Gasteiger charge is -2.13. The number of sulfonamides is 1. The zero-order valence-electron chi connectivity index (χ0n) is 18.4. The molecule has 0 atom stereocenters. The minimum absolute atomic E-state index is 0.158. The molecule has 2 rings (SSSR count). The average molecular weight is 464 g/mol. The molecule has 0 fully saturated rings. The quantitative estimate of drug-likeness (QED) is 0.328. The second-order valence-electron chi connectivity index (χ2n) is 7.04. The number of carbonyl (C=O) groups is 2. The summed E-state index contributed by atoms with van der Waals surface area (Å²) in [6.45, 7) is 4.04. The van der Waals surface area contributed by atoms with Gasteiger partial charge in [0.25, 0.3) is 15.9 Å². The molecule has 9 nitrogen and oxygen atoms in total. The van der Waals surface area contributed by atoms with E-state index in [1.807, 2.05) is 4.83 Å². The maximum atomic E-state index is 12.6. The molecule has 174 valence electrons. The van der Waals surface area contributed by atoms with Crippen molar-refractivity contribution >= 4 is 27.5 Å². The van der Waals surface area contributed by atoms with Crippen LogP contribution in [-0.2, 0) is 14.8 Å². The number of hydrogen-bond donors (Lipinski definition) is 3. The van der Waals surface area contributed by atoms with Crippen molar-refractivity contribution in [2.45, 2.75) is 44.4 Å². The predicted octanol–water partition coefficient (Wildman–Crippen LogP) is 3.24. The van der Waals surface area contributed by atoms with Gasteiger partial charge in [0.1, 0.15) is 11.5 Å². The van der Waals surface area contributed by atoms with E-state index in [9.17, 15) is 18.0 Å². The highest BCUT2D eigenvalue weighted by Crippen LogP contribution is 2.27. The standard InChI is InChI=1S/C22H29N3O6S/c1-4-5-6-7-14-31-18-10-8-17(9-11-18)22(27)24-25-32(28,29)19-12-13-21(30-3)20(15-19)23-16(2)26/h8-13,15,25H,4-7,14H2,1-3H3,(H,23,26)(H,24,27). The highest BCUT2D eigenvalue weighted by Gasteiger charge is 2.18. The van der Waals surface area contributed by atoms with E-state index in [2.05, 4.69) is 17.7 Å². The molecule has 2 aromatic rings. The summed E-state index contributed by atoms with van der Waals surface area (Å²) in [6.07, 6.45) is 4.40. The maximum absolute atomic E-state index is 12.6. The summed E-state index contributed by atoms with van der Waals surface area (Å²) in [5.74, 6) is -0.0654. The Kier molecular flexibility index (Phi) is 9.48. The zero-order chi connectivity index (χ0) is 23.6. The van der Waals surface area contributed by atoms with Crippen LogP contribution in [0.4, 0.5) is 5.69 Å². The van der Waals surface area contributed by atoms with E-state index in [1.54, 1.807) is 24.3 Å². The third kappa shape index (κ3) is 7.54. The normalized spacial score (nSPS) is 11.0. The van der Waals surface area contributed by atoms with Crippen molar-refractivity contribution in [3.05, 3.63) is 48.0 Å². The Morgan fingerprint density at radius 1 is 1.00 bits per heavy atom. The molecule has 2 amide bonds. The summed E-state index contributed by atoms with van der Waals surface area (Å²) in [6, 6.07) is 10.4. The molecule has 0 aromatic heterocycles. The van der Waals surface area contributed by atoms with E-state index in [-0.39, 0.29) is 22.1 Å². The second-order valence-corrected chi connectivity index (χ2v) is 8.72. The van der Waals surface area contributed by atoms with Crippen LogP contribution < -0.4 is 25.0 Å². The van der Waals surface area contributed by atoms with Crippen LogP contribution in [0.5, 0.6) is 11.5 Å². The van der Waals surface area contributed by atoms with Gasteiger partial charge in [-0.25, -0.2) is 8.42 Å². The van der Waals surface area contributed by atoms with E-state index in [4.69, 9.17) is 9.47 Å². The Labute approximate surface area is 188 Å². The molecule has 0 aliphatic heterocycles. The number of hydrazine groups is 1. The van der Waals surface area contributed by atoms with Crippen LogP contribution in [0.15, 0.2) is 47.4 Å². The van der Waals surface area contributed by atoms with Gasteiger partial charge >= 0.3 is 0 Å². The fourth-order valence-electron chi connectivity index (χ4n) is 2.81. The van der Waals surface area contributed by atoms with Gasteiger partial charge in [-0.2, -0.15) is 0 Å². The first-order valence-electron chi connectivity index (χ1n) is 10.3. The lowest BCUT2D eigenvalue weighted by molar-refractivity contribution is -0.114. The van der Waals surface area contributed by atoms with E-state index in [0.717, 1.165) is 19.3 Å². The van der Waals surface area contributed by atoms with Gasteiger partial charge in [-0.05, 0) is 48.9 Å². The highest BCUT2D eigenvalue weighted by atomic mass is 32.2. The second kappa shape index (κ2) is 12.1. The van der Waals surface area contributed by atoms with Crippen LogP contribution in [0.2, 0.25) is 0 Å². The highest BCUT2D eigenvalue weighted by molar-refractivity contribution is 7.89. The topological polar surface area (TPSA) is 123 Å². The molecule has 0 bridgehead atoms. The van der Waals surface area contributed by atoms with E-state index in [0.29, 0.717) is 18.1 Å². The van der Waals surface area contributed by atoms with Crippen molar-refractivity contribution in [3.63, 3.8) is 0 Å². The van der Waals surface area contributed by atoms with Crippen LogP contribution in [0.3, 0.4) is 0 Å². The van der Waals surface area contributed by atoms with Crippen molar-refractivity contribution in [2.24, 2.45) is 0 Å². The molecule has 2 aromatic carbocycles. The van der Waals surface area contributed by atoms with Gasteiger partial charge < -0.3 is 14.8 Å². The fraction of sp³-hybridized carbons (Fsp3) is 0.364. The molecular formula is C22H29N3O6S. The third-order valence-electron chi connectivity index (χ3n) is 4.47. The number of rotatable bonds is 12. The van der Waals surface area contributed by atoms with Crippen molar-refractivity contribution in [1.82, 2.24) is 10.3 Å². The molecule has 0 heterocycles. The predicted molar refractivity (Wildman–Crippen MR) is 121 cm³/mol. The minimum atomic E-state index is -4.09. The number of benzene rings is 2. The molecule has 0 saturated carbocycles. The molecule has 0 radical (unpaired) electrons. The number of nitrogens with one attached hydrogen (secondary N) is 3. The van der Waals surface area contributed by atoms with Gasteiger partial charge in [0.2, 0.25) is 5.91 Å². The Bertz CT molecular complexity index is 1020. The minimum Gasteiger partial charge on any atom is -0.495 e. The Hall–Kier alpha value is -3.11. The van der Waals surface area contributed by atoms with Gasteiger partial charge in [-0.1, -0.05) is 26.2 Å². The molecule has 0 spiro atoms. The van der Waals surface area contributed by atoms with Crippen LogP contribution in [0.25, 0.3) is 0 Å². The summed E-state index contributed by atoms with van der Waals surface area (Å²) in [7, 11) is -2.69. The zero-order valence-corrected chi connectivity index (χ0v) is 19.3. The van der Waals surface area contributed by atoms with Crippen molar-refractivity contribution in [2.75, 3.05) is 19.0 Å². The summed E-state index contributed by atoms with van der Waals surface area (Å²) in [5, 5.41) is 2.50. The summed E-state index contributed by atoms with van der Waals surface area (Å²) in [5.41, 5.74) is 2.63. The van der Waals surface area contributed by atoms with Gasteiger partial charge in [0, 0.05) is 12.5 Å². The smallest absolute Gasteiger partial charge is 0.266 e. The Morgan fingerprint density at radius 3 is 2.34 bits per heavy atom. The monoisotopic (exact) mass is 463 g/mol. The number of hydrogen-bond acceptors (Lipinski definition) is 6. The Morgan fingerprint density at radius 2 is 1.72 bits per heavy atom. The van der Waals surface area contributed by atoms with Crippen molar-refractivity contribution in [1.29, 1.82) is 0 Å². The first kappa shape index (κ1) is 25.2. The maximum Gasteiger partial charge on any atom is 0.266 e. The van der Waals surface area contributed by atoms with Gasteiger partial charge in [0.05, 0.1) is 24.3 Å². The van der Waals surface area contributed by atoms with E-state index < -0.39 is 15.9 Å². The fourth-order valence-corrected chi connectivity index (χ4v) is 3.67. The lowest BCUT2D eigenvalue weighted by atomic mass is 10.2. The van der Waals surface area contributed by atoms with Crippen LogP contribution in [-0.4, -0.2) is 33.9 Å². The van der Waals surface area contributed by atoms with Gasteiger partial charge in [-0.15, -0.1) is 4.83 Å². The summed E-state index contributed by atoms with van der Waals surface area (Å²) in [4.78, 5) is 25.6. The molecule has 0 aliphatic rings. The number of unbranched alkanes of at least 4 members (excludes halogenated alkanes) is 3. The number of amides is 2. The van der Waals surface area contributed by atoms with E-state index >= 15 is 0 Å². The van der Waals surface area contributed by atoms with Gasteiger partial charge in [0.15, 0.2) is 0 Å². The number of methoxy groups -OCH3 is 1. The SMILES string of the molecule is CCCCCCOc1ccc(C(=O)NNS(=O)(=O)c2ccc(OC)c(NC(C)=O)c2)cc1. The molecule has 32 heavy (non-hydrogen) atoms. The molecule has 0 aliphatic carbocycles.